The quantitative estimate of drug-likeness (QED) is 0.487. The fraction of sp³-hybridized carbons (Fsp3) is 0.579. The second-order valence-electron chi connectivity index (χ2n) is 6.94. The summed E-state index contributed by atoms with van der Waals surface area (Å²) in [4.78, 5) is 24.6. The van der Waals surface area contributed by atoms with Crippen molar-refractivity contribution in [3.05, 3.63) is 23.8 Å². The molecule has 2 fully saturated rings. The number of benzene rings is 1. The Balaban J connectivity index is 1.66. The molecule has 0 aromatic heterocycles. The van der Waals surface area contributed by atoms with Crippen molar-refractivity contribution in [1.29, 1.82) is 0 Å². The van der Waals surface area contributed by atoms with Crippen LogP contribution in [-0.2, 0) is 9.59 Å². The largest absolute Gasteiger partial charge is 0.493 e. The van der Waals surface area contributed by atoms with E-state index in [9.17, 15) is 9.59 Å². The van der Waals surface area contributed by atoms with Gasteiger partial charge in [-0.25, -0.2) is 5.48 Å². The summed E-state index contributed by atoms with van der Waals surface area (Å²) in [5.41, 5.74) is 2.56. The van der Waals surface area contributed by atoms with E-state index in [1.54, 1.807) is 7.11 Å². The summed E-state index contributed by atoms with van der Waals surface area (Å²) in [6.45, 7) is 0.976. The predicted octanol–water partition coefficient (Wildman–Crippen LogP) is 2.23. The second kappa shape index (κ2) is 8.40. The van der Waals surface area contributed by atoms with Crippen LogP contribution in [0.3, 0.4) is 0 Å². The molecule has 7 nitrogen and oxygen atoms in total. The number of hydrogen-bond acceptors (Lipinski definition) is 5. The van der Waals surface area contributed by atoms with Crippen molar-refractivity contribution >= 4 is 11.8 Å². The third kappa shape index (κ3) is 4.09. The highest BCUT2D eigenvalue weighted by Crippen LogP contribution is 2.37. The minimum Gasteiger partial charge on any atom is -0.493 e. The van der Waals surface area contributed by atoms with Crippen LogP contribution in [0.15, 0.2) is 18.2 Å². The molecule has 2 aliphatic rings. The van der Waals surface area contributed by atoms with E-state index in [-0.39, 0.29) is 6.10 Å². The highest BCUT2D eigenvalue weighted by atomic mass is 16.5. The van der Waals surface area contributed by atoms with Crippen LogP contribution < -0.4 is 15.0 Å². The molecule has 2 amide bonds. The predicted molar refractivity (Wildman–Crippen MR) is 94.4 cm³/mol. The van der Waals surface area contributed by atoms with Gasteiger partial charge in [-0.1, -0.05) is 6.07 Å². The highest BCUT2D eigenvalue weighted by Gasteiger charge is 2.28. The third-order valence-electron chi connectivity index (χ3n) is 5.33. The Hall–Kier alpha value is -2.28. The first-order chi connectivity index (χ1) is 12.6. The molecule has 1 heterocycles. The van der Waals surface area contributed by atoms with Gasteiger partial charge in [0, 0.05) is 13.1 Å². The first-order valence-electron chi connectivity index (χ1n) is 9.20. The number of nitrogens with zero attached hydrogens (tertiary/aromatic N) is 1. The average molecular weight is 362 g/mol. The van der Waals surface area contributed by atoms with Crippen LogP contribution >= 0.6 is 0 Å². The standard InChI is InChI=1S/C19H26N2O5/c1-25-16-7-6-14(12-17(16)26-15-4-2-3-5-15)13-8-10-21(11-9-13)19(23)18(22)20-24/h6-7,12-13,15,24H,2-5,8-11H2,1H3,(H,20,22). The normalized spacial score (nSPS) is 18.6. The summed E-state index contributed by atoms with van der Waals surface area (Å²) < 4.78 is 11.6. The number of ether oxygens (including phenoxy) is 2. The lowest BCUT2D eigenvalue weighted by Gasteiger charge is -2.31. The minimum absolute atomic E-state index is 0.260. The van der Waals surface area contributed by atoms with Crippen LogP contribution in [0.5, 0.6) is 11.5 Å². The molecule has 26 heavy (non-hydrogen) atoms. The second-order valence-corrected chi connectivity index (χ2v) is 6.94. The Labute approximate surface area is 153 Å². The lowest BCUT2D eigenvalue weighted by atomic mass is 9.89. The van der Waals surface area contributed by atoms with Crippen molar-refractivity contribution in [2.75, 3.05) is 20.2 Å². The molecule has 7 heteroatoms. The van der Waals surface area contributed by atoms with Crippen LogP contribution in [0, 0.1) is 0 Å². The van der Waals surface area contributed by atoms with E-state index in [0.717, 1.165) is 42.7 Å². The number of piperidine rings is 1. The molecule has 1 aromatic rings. The maximum atomic E-state index is 11.8. The van der Waals surface area contributed by atoms with Gasteiger partial charge in [-0.3, -0.25) is 14.8 Å². The van der Waals surface area contributed by atoms with Gasteiger partial charge in [0.15, 0.2) is 11.5 Å². The first-order valence-corrected chi connectivity index (χ1v) is 9.20. The Morgan fingerprint density at radius 3 is 2.42 bits per heavy atom. The monoisotopic (exact) mass is 362 g/mol. The van der Waals surface area contributed by atoms with Crippen LogP contribution in [0.25, 0.3) is 0 Å². The zero-order chi connectivity index (χ0) is 18.5. The zero-order valence-corrected chi connectivity index (χ0v) is 15.1. The number of methoxy groups -OCH3 is 1. The molecule has 1 aromatic carbocycles. The lowest BCUT2D eigenvalue weighted by Crippen LogP contribution is -2.45. The average Bonchev–Trinajstić information content (AvgIpc) is 3.20. The number of carbonyl (C=O) groups excluding carboxylic acids is 2. The number of rotatable bonds is 4. The SMILES string of the molecule is COc1ccc(C2CCN(C(=O)C(=O)NO)CC2)cc1OC1CCCC1. The maximum Gasteiger partial charge on any atom is 0.332 e. The molecular weight excluding hydrogens is 336 g/mol. The zero-order valence-electron chi connectivity index (χ0n) is 15.1. The number of hydrogen-bond donors (Lipinski definition) is 2. The number of carbonyl (C=O) groups is 2. The Bertz CT molecular complexity index is 649. The minimum atomic E-state index is -0.986. The van der Waals surface area contributed by atoms with Gasteiger partial charge >= 0.3 is 11.8 Å². The van der Waals surface area contributed by atoms with Crippen LogP contribution in [-0.4, -0.2) is 48.2 Å². The van der Waals surface area contributed by atoms with Gasteiger partial charge in [0.05, 0.1) is 13.2 Å². The van der Waals surface area contributed by atoms with Crippen molar-refractivity contribution < 1.29 is 24.3 Å². The molecule has 0 spiro atoms. The molecule has 142 valence electrons. The van der Waals surface area contributed by atoms with Gasteiger partial charge in [0.25, 0.3) is 0 Å². The Kier molecular flexibility index (Phi) is 5.98. The van der Waals surface area contributed by atoms with E-state index in [2.05, 4.69) is 6.07 Å². The third-order valence-corrected chi connectivity index (χ3v) is 5.33. The summed E-state index contributed by atoms with van der Waals surface area (Å²) in [5, 5.41) is 8.59. The maximum absolute atomic E-state index is 11.8. The van der Waals surface area contributed by atoms with Crippen LogP contribution in [0.2, 0.25) is 0 Å². The van der Waals surface area contributed by atoms with Crippen molar-refractivity contribution in [2.45, 2.75) is 50.5 Å². The van der Waals surface area contributed by atoms with Crippen molar-refractivity contribution in [1.82, 2.24) is 10.4 Å². The molecule has 1 aliphatic heterocycles. The lowest BCUT2D eigenvalue weighted by molar-refractivity contribution is -0.151. The molecule has 1 saturated heterocycles. The topological polar surface area (TPSA) is 88.1 Å². The van der Waals surface area contributed by atoms with Gasteiger partial charge in [-0.15, -0.1) is 0 Å². The number of likely N-dealkylation sites (tertiary alicyclic amines) is 1. The van der Waals surface area contributed by atoms with Gasteiger partial charge in [-0.2, -0.15) is 0 Å². The smallest absolute Gasteiger partial charge is 0.332 e. The van der Waals surface area contributed by atoms with Gasteiger partial charge in [-0.05, 0) is 62.1 Å². The molecule has 3 rings (SSSR count). The van der Waals surface area contributed by atoms with Gasteiger partial charge < -0.3 is 14.4 Å². The van der Waals surface area contributed by atoms with Crippen LogP contribution in [0.1, 0.15) is 50.0 Å². The fourth-order valence-corrected chi connectivity index (χ4v) is 3.83. The molecule has 0 atom stereocenters. The molecule has 1 saturated carbocycles. The number of nitrogens with one attached hydrogen (secondary N) is 1. The molecule has 0 radical (unpaired) electrons. The summed E-state index contributed by atoms with van der Waals surface area (Å²) in [5.74, 6) is 0.155. The Morgan fingerprint density at radius 2 is 1.81 bits per heavy atom. The highest BCUT2D eigenvalue weighted by molar-refractivity contribution is 6.34. The molecule has 1 aliphatic carbocycles. The molecular formula is C19H26N2O5. The Morgan fingerprint density at radius 1 is 1.12 bits per heavy atom. The summed E-state index contributed by atoms with van der Waals surface area (Å²) in [6, 6.07) is 6.04. The van der Waals surface area contributed by atoms with E-state index in [4.69, 9.17) is 14.7 Å². The molecule has 2 N–H and O–H groups in total. The van der Waals surface area contributed by atoms with E-state index < -0.39 is 11.8 Å². The van der Waals surface area contributed by atoms with E-state index >= 15 is 0 Å². The first kappa shape index (κ1) is 18.5. The molecule has 0 unspecified atom stereocenters. The fourth-order valence-electron chi connectivity index (χ4n) is 3.83. The van der Waals surface area contributed by atoms with E-state index in [1.165, 1.54) is 23.2 Å². The van der Waals surface area contributed by atoms with Crippen LogP contribution in [0.4, 0.5) is 0 Å². The van der Waals surface area contributed by atoms with Crippen molar-refractivity contribution in [3.8, 4) is 11.5 Å². The number of amides is 2. The summed E-state index contributed by atoms with van der Waals surface area (Å²) in [6.07, 6.45) is 6.37. The summed E-state index contributed by atoms with van der Waals surface area (Å²) >= 11 is 0. The van der Waals surface area contributed by atoms with E-state index in [0.29, 0.717) is 19.0 Å². The number of hydroxylamine groups is 1. The van der Waals surface area contributed by atoms with Crippen molar-refractivity contribution in [2.24, 2.45) is 0 Å². The van der Waals surface area contributed by atoms with Gasteiger partial charge in [0.1, 0.15) is 0 Å². The van der Waals surface area contributed by atoms with E-state index in [1.807, 2.05) is 12.1 Å². The van der Waals surface area contributed by atoms with Gasteiger partial charge in [0.2, 0.25) is 0 Å². The van der Waals surface area contributed by atoms with Crippen molar-refractivity contribution in [3.63, 3.8) is 0 Å². The summed E-state index contributed by atoms with van der Waals surface area (Å²) in [7, 11) is 1.65. The molecule has 0 bridgehead atoms.